The number of benzene rings is 2. The van der Waals surface area contributed by atoms with Crippen molar-refractivity contribution >= 4 is 43.2 Å². The summed E-state index contributed by atoms with van der Waals surface area (Å²) in [6.07, 6.45) is 0. The van der Waals surface area contributed by atoms with Crippen LogP contribution in [0.25, 0.3) is 0 Å². The van der Waals surface area contributed by atoms with Crippen LogP contribution in [-0.2, 0) is 14.8 Å². The second-order valence-corrected chi connectivity index (χ2v) is 9.28. The molecule has 0 spiro atoms. The maximum Gasteiger partial charge on any atom is 0.289 e. The quantitative estimate of drug-likeness (QED) is 0.499. The van der Waals surface area contributed by atoms with E-state index in [-0.39, 0.29) is 30.4 Å². The topological polar surface area (TPSA) is 113 Å². The molecule has 154 valence electrons. The molecule has 2 aromatic rings. The van der Waals surface area contributed by atoms with Crippen LogP contribution < -0.4 is 5.32 Å². The summed E-state index contributed by atoms with van der Waals surface area (Å²) in [6, 6.07) is 12.5. The predicted molar refractivity (Wildman–Crippen MR) is 111 cm³/mol. The number of sulfonamides is 1. The number of para-hydroxylation sites is 1. The molecule has 1 aliphatic rings. The largest absolute Gasteiger partial charge is 0.325 e. The molecule has 29 heavy (non-hydrogen) atoms. The van der Waals surface area contributed by atoms with E-state index in [2.05, 4.69) is 21.2 Å². The van der Waals surface area contributed by atoms with Crippen molar-refractivity contribution in [2.45, 2.75) is 4.90 Å². The molecule has 0 atom stereocenters. The average molecular weight is 483 g/mol. The number of nitrogens with zero attached hydrogens (tertiary/aromatic N) is 3. The van der Waals surface area contributed by atoms with E-state index in [0.29, 0.717) is 18.8 Å². The summed E-state index contributed by atoms with van der Waals surface area (Å²) in [7, 11) is -3.98. The Labute approximate surface area is 176 Å². The van der Waals surface area contributed by atoms with Crippen LogP contribution in [0.4, 0.5) is 11.4 Å². The molecule has 0 aromatic heterocycles. The van der Waals surface area contributed by atoms with Crippen molar-refractivity contribution in [3.63, 3.8) is 0 Å². The van der Waals surface area contributed by atoms with Crippen molar-refractivity contribution in [2.75, 3.05) is 38.0 Å². The van der Waals surface area contributed by atoms with Gasteiger partial charge in [0.2, 0.25) is 15.9 Å². The standard InChI is InChI=1S/C18H19BrN4O5S/c19-14-5-7-15(8-6-14)20-18(24)13-21-9-11-22(12-10-21)29(27,28)17-4-2-1-3-16(17)23(25)26/h1-8H,9-13H2,(H,20,24). The third-order valence-electron chi connectivity index (χ3n) is 4.51. The highest BCUT2D eigenvalue weighted by molar-refractivity contribution is 9.10. The van der Waals surface area contributed by atoms with Gasteiger partial charge in [-0.05, 0) is 30.3 Å². The zero-order valence-electron chi connectivity index (χ0n) is 15.3. The van der Waals surface area contributed by atoms with Gasteiger partial charge in [-0.15, -0.1) is 0 Å². The average Bonchev–Trinajstić information content (AvgIpc) is 2.70. The van der Waals surface area contributed by atoms with E-state index in [0.717, 1.165) is 4.47 Å². The molecule has 0 bridgehead atoms. The van der Waals surface area contributed by atoms with E-state index >= 15 is 0 Å². The molecule has 1 aliphatic heterocycles. The number of hydrogen-bond acceptors (Lipinski definition) is 6. The molecular formula is C18H19BrN4O5S. The minimum absolute atomic E-state index is 0.134. The monoisotopic (exact) mass is 482 g/mol. The molecule has 0 radical (unpaired) electrons. The number of carbonyl (C=O) groups excluding carboxylic acids is 1. The zero-order valence-corrected chi connectivity index (χ0v) is 17.7. The van der Waals surface area contributed by atoms with Crippen LogP contribution in [0.2, 0.25) is 0 Å². The summed E-state index contributed by atoms with van der Waals surface area (Å²) in [5.41, 5.74) is 0.236. The highest BCUT2D eigenvalue weighted by Crippen LogP contribution is 2.26. The molecule has 1 amide bonds. The van der Waals surface area contributed by atoms with Gasteiger partial charge in [0.15, 0.2) is 4.90 Å². The lowest BCUT2D eigenvalue weighted by Gasteiger charge is -2.33. The van der Waals surface area contributed by atoms with E-state index in [1.54, 1.807) is 12.1 Å². The van der Waals surface area contributed by atoms with Crippen LogP contribution in [0.3, 0.4) is 0 Å². The van der Waals surface area contributed by atoms with Gasteiger partial charge in [0.05, 0.1) is 11.5 Å². The Bertz CT molecular complexity index is 1010. The number of piperazine rings is 1. The van der Waals surface area contributed by atoms with Crippen molar-refractivity contribution in [3.8, 4) is 0 Å². The lowest BCUT2D eigenvalue weighted by Crippen LogP contribution is -2.50. The van der Waals surface area contributed by atoms with E-state index in [1.807, 2.05) is 17.0 Å². The van der Waals surface area contributed by atoms with Gasteiger partial charge in [-0.1, -0.05) is 28.1 Å². The number of hydrogen-bond donors (Lipinski definition) is 1. The molecule has 9 nitrogen and oxygen atoms in total. The number of nitrogens with one attached hydrogen (secondary N) is 1. The highest BCUT2D eigenvalue weighted by atomic mass is 79.9. The first-order valence-corrected chi connectivity index (χ1v) is 11.0. The lowest BCUT2D eigenvalue weighted by molar-refractivity contribution is -0.387. The first kappa shape index (κ1) is 21.4. The van der Waals surface area contributed by atoms with Crippen molar-refractivity contribution < 1.29 is 18.1 Å². The molecule has 11 heteroatoms. The number of rotatable bonds is 6. The molecule has 2 aromatic carbocycles. The van der Waals surface area contributed by atoms with Gasteiger partial charge >= 0.3 is 0 Å². The molecule has 0 saturated carbocycles. The fraction of sp³-hybridized carbons (Fsp3) is 0.278. The molecular weight excluding hydrogens is 464 g/mol. The van der Waals surface area contributed by atoms with Gasteiger partial charge < -0.3 is 5.32 Å². The Hall–Kier alpha value is -2.34. The minimum Gasteiger partial charge on any atom is -0.325 e. The Kier molecular flexibility index (Phi) is 6.63. The predicted octanol–water partition coefficient (Wildman–Crippen LogP) is 2.30. The molecule has 1 fully saturated rings. The first-order valence-electron chi connectivity index (χ1n) is 8.79. The second-order valence-electron chi connectivity index (χ2n) is 6.46. The van der Waals surface area contributed by atoms with Gasteiger partial charge in [0, 0.05) is 42.4 Å². The van der Waals surface area contributed by atoms with Crippen LogP contribution in [0.5, 0.6) is 0 Å². The van der Waals surface area contributed by atoms with Crippen molar-refractivity contribution in [1.29, 1.82) is 0 Å². The summed E-state index contributed by atoms with van der Waals surface area (Å²) < 4.78 is 27.8. The van der Waals surface area contributed by atoms with Crippen molar-refractivity contribution in [1.82, 2.24) is 9.21 Å². The fourth-order valence-electron chi connectivity index (χ4n) is 3.03. The maximum atomic E-state index is 12.8. The summed E-state index contributed by atoms with van der Waals surface area (Å²) in [6.45, 7) is 1.15. The smallest absolute Gasteiger partial charge is 0.289 e. The zero-order chi connectivity index (χ0) is 21.0. The van der Waals surface area contributed by atoms with E-state index < -0.39 is 20.6 Å². The Morgan fingerprint density at radius 3 is 2.31 bits per heavy atom. The van der Waals surface area contributed by atoms with Gasteiger partial charge in [-0.2, -0.15) is 4.31 Å². The first-order chi connectivity index (χ1) is 13.8. The molecule has 1 saturated heterocycles. The van der Waals surface area contributed by atoms with Crippen LogP contribution in [0.1, 0.15) is 0 Å². The Morgan fingerprint density at radius 1 is 1.07 bits per heavy atom. The van der Waals surface area contributed by atoms with Crippen LogP contribution in [0.15, 0.2) is 57.9 Å². The molecule has 1 heterocycles. The van der Waals surface area contributed by atoms with Gasteiger partial charge in [-0.3, -0.25) is 19.8 Å². The Morgan fingerprint density at radius 2 is 1.69 bits per heavy atom. The summed E-state index contributed by atoms with van der Waals surface area (Å²) in [5.74, 6) is -0.192. The molecule has 0 unspecified atom stereocenters. The third-order valence-corrected chi connectivity index (χ3v) is 6.98. The third kappa shape index (κ3) is 5.18. The number of anilines is 1. The van der Waals surface area contributed by atoms with Crippen LogP contribution in [-0.4, -0.2) is 61.2 Å². The molecule has 0 aliphatic carbocycles. The number of nitro benzene ring substituents is 1. The Balaban J connectivity index is 1.59. The maximum absolute atomic E-state index is 12.8. The normalized spacial score (nSPS) is 15.8. The van der Waals surface area contributed by atoms with Crippen molar-refractivity contribution in [2.24, 2.45) is 0 Å². The van der Waals surface area contributed by atoms with Gasteiger partial charge in [0.1, 0.15) is 0 Å². The van der Waals surface area contributed by atoms with Crippen molar-refractivity contribution in [3.05, 3.63) is 63.1 Å². The summed E-state index contributed by atoms with van der Waals surface area (Å²) in [4.78, 5) is 24.2. The SMILES string of the molecule is O=C(CN1CCN(S(=O)(=O)c2ccccc2[N+](=O)[O-])CC1)Nc1ccc(Br)cc1. The van der Waals surface area contributed by atoms with Gasteiger partial charge in [0.25, 0.3) is 5.69 Å². The highest BCUT2D eigenvalue weighted by Gasteiger charge is 2.33. The number of amides is 1. The number of nitro groups is 1. The van der Waals surface area contributed by atoms with Crippen LogP contribution >= 0.6 is 15.9 Å². The fourth-order valence-corrected chi connectivity index (χ4v) is 4.87. The van der Waals surface area contributed by atoms with E-state index in [9.17, 15) is 23.3 Å². The minimum atomic E-state index is -3.98. The molecule has 1 N–H and O–H groups in total. The summed E-state index contributed by atoms with van der Waals surface area (Å²) in [5, 5.41) is 14.0. The second kappa shape index (κ2) is 8.99. The van der Waals surface area contributed by atoms with Crippen LogP contribution in [0, 0.1) is 10.1 Å². The number of halogens is 1. The number of carbonyl (C=O) groups is 1. The molecule has 3 rings (SSSR count). The van der Waals surface area contributed by atoms with Gasteiger partial charge in [-0.25, -0.2) is 8.42 Å². The lowest BCUT2D eigenvalue weighted by atomic mass is 10.3. The van der Waals surface area contributed by atoms with E-state index in [4.69, 9.17) is 0 Å². The summed E-state index contributed by atoms with van der Waals surface area (Å²) >= 11 is 3.33. The van der Waals surface area contributed by atoms with E-state index in [1.165, 1.54) is 28.6 Å².